The third-order valence-corrected chi connectivity index (χ3v) is 3.93. The van der Waals surface area contributed by atoms with E-state index in [2.05, 4.69) is 22.0 Å². The molecule has 1 heterocycles. The Kier molecular flexibility index (Phi) is 5.38. The van der Waals surface area contributed by atoms with Gasteiger partial charge in [0.1, 0.15) is 5.84 Å². The highest BCUT2D eigenvalue weighted by Crippen LogP contribution is 2.18. The number of hydrogen-bond acceptors (Lipinski definition) is 4. The number of benzene rings is 1. The van der Waals surface area contributed by atoms with Gasteiger partial charge in [0, 0.05) is 19.6 Å². The number of likely N-dealkylation sites (N-methyl/N-ethyl adjacent to an activating group) is 1. The van der Waals surface area contributed by atoms with Crippen molar-refractivity contribution < 1.29 is 5.21 Å². The summed E-state index contributed by atoms with van der Waals surface area (Å²) in [4.78, 5) is 4.75. The minimum absolute atomic E-state index is 0.0513. The van der Waals surface area contributed by atoms with E-state index in [1.54, 1.807) is 0 Å². The van der Waals surface area contributed by atoms with Crippen molar-refractivity contribution in [2.45, 2.75) is 12.3 Å². The first kappa shape index (κ1) is 14.8. The van der Waals surface area contributed by atoms with Gasteiger partial charge in [-0.2, -0.15) is 0 Å². The van der Waals surface area contributed by atoms with Crippen LogP contribution in [0.25, 0.3) is 0 Å². The second kappa shape index (κ2) is 7.26. The first-order valence-electron chi connectivity index (χ1n) is 7.14. The molecule has 1 aliphatic rings. The number of amidine groups is 1. The lowest BCUT2D eigenvalue weighted by atomic mass is 9.97. The molecule has 2 rings (SSSR count). The summed E-state index contributed by atoms with van der Waals surface area (Å²) in [6.45, 7) is 5.09. The van der Waals surface area contributed by atoms with Crippen molar-refractivity contribution in [3.63, 3.8) is 0 Å². The Bertz CT molecular complexity index is 435. The van der Waals surface area contributed by atoms with Crippen molar-refractivity contribution >= 4 is 5.84 Å². The van der Waals surface area contributed by atoms with Crippen molar-refractivity contribution in [2.75, 3.05) is 39.8 Å². The summed E-state index contributed by atoms with van der Waals surface area (Å²) in [7, 11) is 2.15. The van der Waals surface area contributed by atoms with Gasteiger partial charge < -0.3 is 20.7 Å². The van der Waals surface area contributed by atoms with Crippen molar-refractivity contribution in [2.24, 2.45) is 10.9 Å². The summed E-state index contributed by atoms with van der Waals surface area (Å²) in [5.41, 5.74) is 6.99. The lowest BCUT2D eigenvalue weighted by Crippen LogP contribution is -2.37. The van der Waals surface area contributed by atoms with Crippen LogP contribution in [0, 0.1) is 0 Å². The Labute approximate surface area is 120 Å². The van der Waals surface area contributed by atoms with Gasteiger partial charge in [-0.15, -0.1) is 0 Å². The van der Waals surface area contributed by atoms with Gasteiger partial charge in [-0.05, 0) is 32.1 Å². The molecule has 5 nitrogen and oxygen atoms in total. The molecule has 1 aliphatic heterocycles. The summed E-state index contributed by atoms with van der Waals surface area (Å²) in [5, 5.41) is 12.3. The Balaban J connectivity index is 2.08. The predicted octanol–water partition coefficient (Wildman–Crippen LogP) is 1.15. The number of nitrogens with two attached hydrogens (primary N) is 1. The summed E-state index contributed by atoms with van der Waals surface area (Å²) in [6, 6.07) is 10.0. The van der Waals surface area contributed by atoms with Crippen LogP contribution in [0.4, 0.5) is 0 Å². The fourth-order valence-corrected chi connectivity index (χ4v) is 2.67. The molecule has 20 heavy (non-hydrogen) atoms. The van der Waals surface area contributed by atoms with E-state index in [9.17, 15) is 0 Å². The SMILES string of the molecule is CN1CCCN(CC(C(N)=NO)c2ccccc2)CC1. The first-order valence-corrected chi connectivity index (χ1v) is 7.14. The van der Waals surface area contributed by atoms with Crippen LogP contribution in [0.1, 0.15) is 17.9 Å². The summed E-state index contributed by atoms with van der Waals surface area (Å²) >= 11 is 0. The van der Waals surface area contributed by atoms with Gasteiger partial charge in [0.25, 0.3) is 0 Å². The van der Waals surface area contributed by atoms with Crippen molar-refractivity contribution in [1.82, 2.24) is 9.80 Å². The third kappa shape index (κ3) is 3.95. The highest BCUT2D eigenvalue weighted by molar-refractivity contribution is 5.87. The van der Waals surface area contributed by atoms with Gasteiger partial charge in [-0.1, -0.05) is 35.5 Å². The fourth-order valence-electron chi connectivity index (χ4n) is 2.67. The minimum atomic E-state index is -0.0513. The van der Waals surface area contributed by atoms with Gasteiger partial charge in [-0.25, -0.2) is 0 Å². The number of nitrogens with zero attached hydrogens (tertiary/aromatic N) is 3. The molecule has 1 fully saturated rings. The van der Waals surface area contributed by atoms with E-state index in [1.165, 1.54) is 0 Å². The maximum Gasteiger partial charge on any atom is 0.147 e. The normalized spacial score (nSPS) is 20.6. The van der Waals surface area contributed by atoms with E-state index in [1.807, 2.05) is 30.3 Å². The maximum absolute atomic E-state index is 9.03. The molecular formula is C15H24N4O. The molecule has 0 spiro atoms. The third-order valence-electron chi connectivity index (χ3n) is 3.93. The van der Waals surface area contributed by atoms with E-state index >= 15 is 0 Å². The zero-order chi connectivity index (χ0) is 14.4. The molecule has 0 aromatic heterocycles. The molecule has 0 aliphatic carbocycles. The molecule has 1 aromatic carbocycles. The van der Waals surface area contributed by atoms with Gasteiger partial charge in [0.15, 0.2) is 0 Å². The Morgan fingerprint density at radius 2 is 2.00 bits per heavy atom. The minimum Gasteiger partial charge on any atom is -0.409 e. The topological polar surface area (TPSA) is 65.1 Å². The molecule has 0 bridgehead atoms. The van der Waals surface area contributed by atoms with Gasteiger partial charge in [-0.3, -0.25) is 0 Å². The highest BCUT2D eigenvalue weighted by Gasteiger charge is 2.21. The zero-order valence-electron chi connectivity index (χ0n) is 12.1. The lowest BCUT2D eigenvalue weighted by Gasteiger charge is -2.25. The molecule has 110 valence electrons. The number of oxime groups is 1. The van der Waals surface area contributed by atoms with Gasteiger partial charge >= 0.3 is 0 Å². The molecule has 5 heteroatoms. The largest absolute Gasteiger partial charge is 0.409 e. The molecule has 1 saturated heterocycles. The zero-order valence-corrected chi connectivity index (χ0v) is 12.1. The van der Waals surface area contributed by atoms with Crippen molar-refractivity contribution in [3.05, 3.63) is 35.9 Å². The van der Waals surface area contributed by atoms with E-state index < -0.39 is 0 Å². The lowest BCUT2D eigenvalue weighted by molar-refractivity contribution is 0.269. The smallest absolute Gasteiger partial charge is 0.147 e. The summed E-state index contributed by atoms with van der Waals surface area (Å²) < 4.78 is 0. The van der Waals surface area contributed by atoms with Crippen LogP contribution in [0.3, 0.4) is 0 Å². The standard InChI is InChI=1S/C15H24N4O/c1-18-8-5-9-19(11-10-18)12-14(15(16)17-20)13-6-3-2-4-7-13/h2-4,6-7,14,20H,5,8-12H2,1H3,(H2,16,17). The average Bonchev–Trinajstić information content (AvgIpc) is 2.69. The molecule has 0 amide bonds. The highest BCUT2D eigenvalue weighted by atomic mass is 16.4. The molecule has 1 unspecified atom stereocenters. The van der Waals surface area contributed by atoms with Crippen LogP contribution < -0.4 is 5.73 Å². The average molecular weight is 276 g/mol. The van der Waals surface area contributed by atoms with Crippen LogP contribution in [-0.2, 0) is 0 Å². The molecule has 1 atom stereocenters. The number of rotatable bonds is 4. The van der Waals surface area contributed by atoms with E-state index in [-0.39, 0.29) is 11.8 Å². The Morgan fingerprint density at radius 1 is 1.25 bits per heavy atom. The summed E-state index contributed by atoms with van der Waals surface area (Å²) in [5.74, 6) is 0.235. The quantitative estimate of drug-likeness (QED) is 0.375. The van der Waals surface area contributed by atoms with Crippen LogP contribution in [0.2, 0.25) is 0 Å². The second-order valence-electron chi connectivity index (χ2n) is 5.45. The number of hydrogen-bond donors (Lipinski definition) is 2. The molecule has 3 N–H and O–H groups in total. The van der Waals surface area contributed by atoms with Crippen LogP contribution in [-0.4, -0.2) is 60.6 Å². The molecular weight excluding hydrogens is 252 g/mol. The molecule has 0 radical (unpaired) electrons. The van der Waals surface area contributed by atoms with Crippen molar-refractivity contribution in [1.29, 1.82) is 0 Å². The van der Waals surface area contributed by atoms with Crippen molar-refractivity contribution in [3.8, 4) is 0 Å². The summed E-state index contributed by atoms with van der Waals surface area (Å²) in [6.07, 6.45) is 1.16. The van der Waals surface area contributed by atoms with Crippen LogP contribution >= 0.6 is 0 Å². The second-order valence-corrected chi connectivity index (χ2v) is 5.45. The van der Waals surface area contributed by atoms with E-state index in [0.29, 0.717) is 0 Å². The van der Waals surface area contributed by atoms with Gasteiger partial charge in [0.05, 0.1) is 5.92 Å². The van der Waals surface area contributed by atoms with Crippen LogP contribution in [0.15, 0.2) is 35.5 Å². The van der Waals surface area contributed by atoms with E-state index in [0.717, 1.165) is 44.7 Å². The maximum atomic E-state index is 9.03. The predicted molar refractivity (Wildman–Crippen MR) is 81.1 cm³/mol. The van der Waals surface area contributed by atoms with E-state index in [4.69, 9.17) is 10.9 Å². The monoisotopic (exact) mass is 276 g/mol. The van der Waals surface area contributed by atoms with Crippen LogP contribution in [0.5, 0.6) is 0 Å². The Morgan fingerprint density at radius 3 is 2.70 bits per heavy atom. The fraction of sp³-hybridized carbons (Fsp3) is 0.533. The van der Waals surface area contributed by atoms with Gasteiger partial charge in [0.2, 0.25) is 0 Å². The molecule has 1 aromatic rings. The molecule has 0 saturated carbocycles. The Hall–Kier alpha value is -1.59. The first-order chi connectivity index (χ1) is 9.70.